The van der Waals surface area contributed by atoms with Gasteiger partial charge in [-0.15, -0.1) is 0 Å². The summed E-state index contributed by atoms with van der Waals surface area (Å²) in [7, 11) is 0. The van der Waals surface area contributed by atoms with Crippen LogP contribution >= 0.6 is 0 Å². The van der Waals surface area contributed by atoms with Gasteiger partial charge < -0.3 is 5.32 Å². The molecule has 2 aromatic carbocycles. The van der Waals surface area contributed by atoms with Crippen molar-refractivity contribution in [3.8, 4) is 6.07 Å². The quantitative estimate of drug-likeness (QED) is 0.802. The fourth-order valence-electron chi connectivity index (χ4n) is 2.28. The van der Waals surface area contributed by atoms with E-state index in [4.69, 9.17) is 5.26 Å². The van der Waals surface area contributed by atoms with Gasteiger partial charge in [-0.1, -0.05) is 12.1 Å². The summed E-state index contributed by atoms with van der Waals surface area (Å²) in [6.07, 6.45) is 3.56. The molecule has 24 heavy (non-hydrogen) atoms. The van der Waals surface area contributed by atoms with E-state index in [1.807, 2.05) is 30.5 Å². The molecule has 0 unspecified atom stereocenters. The third kappa shape index (κ3) is 3.47. The summed E-state index contributed by atoms with van der Waals surface area (Å²) >= 11 is 0. The highest BCUT2D eigenvalue weighted by atomic mass is 19.1. The van der Waals surface area contributed by atoms with Crippen LogP contribution in [-0.4, -0.2) is 15.7 Å². The van der Waals surface area contributed by atoms with Gasteiger partial charge in [0.1, 0.15) is 11.9 Å². The second-order valence-electron chi connectivity index (χ2n) is 5.16. The Morgan fingerprint density at radius 2 is 2.12 bits per heavy atom. The van der Waals surface area contributed by atoms with Gasteiger partial charge in [0.25, 0.3) is 5.91 Å². The van der Waals surface area contributed by atoms with Gasteiger partial charge in [0.2, 0.25) is 0 Å². The van der Waals surface area contributed by atoms with Crippen molar-refractivity contribution in [2.24, 2.45) is 0 Å². The number of halogens is 1. The van der Waals surface area contributed by atoms with E-state index in [1.54, 1.807) is 23.0 Å². The lowest BCUT2D eigenvalue weighted by Crippen LogP contribution is -2.12. The van der Waals surface area contributed by atoms with Crippen LogP contribution in [0.5, 0.6) is 0 Å². The molecule has 0 bridgehead atoms. The van der Waals surface area contributed by atoms with E-state index in [-0.39, 0.29) is 11.1 Å². The summed E-state index contributed by atoms with van der Waals surface area (Å²) in [5.41, 5.74) is 1.67. The molecule has 0 atom stereocenters. The van der Waals surface area contributed by atoms with Gasteiger partial charge in [-0.05, 0) is 42.0 Å². The average molecular weight is 320 g/mol. The number of rotatable bonds is 4. The van der Waals surface area contributed by atoms with Crippen LogP contribution in [-0.2, 0) is 6.54 Å². The normalized spacial score (nSPS) is 10.2. The second-order valence-corrected chi connectivity index (χ2v) is 5.16. The third-order valence-corrected chi connectivity index (χ3v) is 3.44. The van der Waals surface area contributed by atoms with Crippen LogP contribution in [0.15, 0.2) is 60.9 Å². The predicted molar refractivity (Wildman–Crippen MR) is 86.8 cm³/mol. The fraction of sp³-hybridized carbons (Fsp3) is 0.0556. The van der Waals surface area contributed by atoms with E-state index in [1.165, 1.54) is 12.1 Å². The Bertz CT molecular complexity index is 913. The van der Waals surface area contributed by atoms with Crippen molar-refractivity contribution in [1.82, 2.24) is 9.78 Å². The standard InChI is InChI=1S/C18H13FN4O/c19-17-6-5-14(10-15(17)11-20)18(24)22-16-4-1-3-13(9-16)12-23-8-2-7-21-23/h1-10H,12H2,(H,22,24). The molecule has 1 aromatic heterocycles. The van der Waals surface area contributed by atoms with Gasteiger partial charge in [0, 0.05) is 23.6 Å². The summed E-state index contributed by atoms with van der Waals surface area (Å²) < 4.78 is 15.1. The maximum atomic E-state index is 13.3. The maximum Gasteiger partial charge on any atom is 0.255 e. The Kier molecular flexibility index (Phi) is 4.34. The molecule has 0 spiro atoms. The van der Waals surface area contributed by atoms with Crippen LogP contribution in [0.25, 0.3) is 0 Å². The van der Waals surface area contributed by atoms with Crippen molar-refractivity contribution in [3.63, 3.8) is 0 Å². The lowest BCUT2D eigenvalue weighted by atomic mass is 10.1. The Morgan fingerprint density at radius 3 is 2.88 bits per heavy atom. The topological polar surface area (TPSA) is 70.7 Å². The summed E-state index contributed by atoms with van der Waals surface area (Å²) in [5, 5.41) is 15.7. The van der Waals surface area contributed by atoms with Crippen molar-refractivity contribution in [2.45, 2.75) is 6.54 Å². The van der Waals surface area contributed by atoms with Gasteiger partial charge in [-0.25, -0.2) is 4.39 Å². The number of anilines is 1. The minimum absolute atomic E-state index is 0.157. The van der Waals surface area contributed by atoms with Gasteiger partial charge in [-0.3, -0.25) is 9.48 Å². The highest BCUT2D eigenvalue weighted by molar-refractivity contribution is 6.04. The smallest absolute Gasteiger partial charge is 0.255 e. The van der Waals surface area contributed by atoms with Gasteiger partial charge in [0.05, 0.1) is 12.1 Å². The van der Waals surface area contributed by atoms with Crippen molar-refractivity contribution in [1.29, 1.82) is 5.26 Å². The number of benzene rings is 2. The molecule has 0 radical (unpaired) electrons. The molecule has 1 amide bonds. The first-order valence-corrected chi connectivity index (χ1v) is 7.23. The number of nitrogens with one attached hydrogen (secondary N) is 1. The fourth-order valence-corrected chi connectivity index (χ4v) is 2.28. The lowest BCUT2D eigenvalue weighted by molar-refractivity contribution is 0.102. The van der Waals surface area contributed by atoms with E-state index in [2.05, 4.69) is 10.4 Å². The molecule has 3 rings (SSSR count). The summed E-state index contributed by atoms with van der Waals surface area (Å²) in [6.45, 7) is 0.589. The van der Waals surface area contributed by atoms with Crippen LogP contribution in [0.2, 0.25) is 0 Å². The number of amides is 1. The van der Waals surface area contributed by atoms with Crippen molar-refractivity contribution in [2.75, 3.05) is 5.32 Å². The van der Waals surface area contributed by atoms with Crippen LogP contribution in [0, 0.1) is 17.1 Å². The number of hydrogen-bond donors (Lipinski definition) is 1. The number of nitrogens with zero attached hydrogens (tertiary/aromatic N) is 3. The monoisotopic (exact) mass is 320 g/mol. The molecule has 5 nitrogen and oxygen atoms in total. The Balaban J connectivity index is 1.76. The second kappa shape index (κ2) is 6.75. The first-order valence-electron chi connectivity index (χ1n) is 7.23. The van der Waals surface area contributed by atoms with E-state index in [0.29, 0.717) is 12.2 Å². The SMILES string of the molecule is N#Cc1cc(C(=O)Nc2cccc(Cn3cccn3)c2)ccc1F. The number of nitriles is 1. The number of carbonyl (C=O) groups is 1. The van der Waals surface area contributed by atoms with Gasteiger partial charge >= 0.3 is 0 Å². The van der Waals surface area contributed by atoms with Gasteiger partial charge in [0.15, 0.2) is 0 Å². The molecule has 3 aromatic rings. The van der Waals surface area contributed by atoms with E-state index in [0.717, 1.165) is 11.6 Å². The molecular formula is C18H13FN4O. The molecule has 1 N–H and O–H groups in total. The summed E-state index contributed by atoms with van der Waals surface area (Å²) in [5.74, 6) is -1.04. The minimum atomic E-state index is -0.643. The van der Waals surface area contributed by atoms with Crippen molar-refractivity contribution in [3.05, 3.63) is 83.4 Å². The van der Waals surface area contributed by atoms with E-state index < -0.39 is 11.7 Å². The molecule has 0 saturated heterocycles. The number of aromatic nitrogens is 2. The lowest BCUT2D eigenvalue weighted by Gasteiger charge is -2.08. The average Bonchev–Trinajstić information content (AvgIpc) is 3.08. The molecule has 0 fully saturated rings. The minimum Gasteiger partial charge on any atom is -0.322 e. The molecule has 0 aliphatic rings. The Morgan fingerprint density at radius 1 is 1.25 bits per heavy atom. The zero-order valence-corrected chi connectivity index (χ0v) is 12.6. The number of hydrogen-bond acceptors (Lipinski definition) is 3. The molecular weight excluding hydrogens is 307 g/mol. The zero-order valence-electron chi connectivity index (χ0n) is 12.6. The van der Waals surface area contributed by atoms with E-state index in [9.17, 15) is 9.18 Å². The van der Waals surface area contributed by atoms with Gasteiger partial charge in [-0.2, -0.15) is 10.4 Å². The third-order valence-electron chi connectivity index (χ3n) is 3.44. The molecule has 0 saturated carbocycles. The zero-order chi connectivity index (χ0) is 16.9. The molecule has 6 heteroatoms. The van der Waals surface area contributed by atoms with E-state index >= 15 is 0 Å². The van der Waals surface area contributed by atoms with Crippen molar-refractivity contribution >= 4 is 11.6 Å². The molecule has 1 heterocycles. The maximum absolute atomic E-state index is 13.3. The van der Waals surface area contributed by atoms with Crippen LogP contribution < -0.4 is 5.32 Å². The molecule has 118 valence electrons. The first-order chi connectivity index (χ1) is 11.7. The summed E-state index contributed by atoms with van der Waals surface area (Å²) in [4.78, 5) is 12.3. The summed E-state index contributed by atoms with van der Waals surface area (Å²) in [6, 6.07) is 14.6. The largest absolute Gasteiger partial charge is 0.322 e. The number of carbonyl (C=O) groups excluding carboxylic acids is 1. The molecule has 0 aliphatic heterocycles. The first kappa shape index (κ1) is 15.4. The predicted octanol–water partition coefficient (Wildman–Crippen LogP) is 3.19. The highest BCUT2D eigenvalue weighted by Crippen LogP contribution is 2.15. The van der Waals surface area contributed by atoms with Crippen LogP contribution in [0.4, 0.5) is 10.1 Å². The highest BCUT2D eigenvalue weighted by Gasteiger charge is 2.10. The van der Waals surface area contributed by atoms with Crippen LogP contribution in [0.3, 0.4) is 0 Å². The van der Waals surface area contributed by atoms with Crippen LogP contribution in [0.1, 0.15) is 21.5 Å². The Labute approximate surface area is 138 Å². The van der Waals surface area contributed by atoms with Crippen molar-refractivity contribution < 1.29 is 9.18 Å². The Hall–Kier alpha value is -3.46. The molecule has 0 aliphatic carbocycles.